The van der Waals surface area contributed by atoms with Crippen LogP contribution >= 0.6 is 0 Å². The molecule has 5 heteroatoms. The topological polar surface area (TPSA) is 48.5 Å². The largest absolute Gasteiger partial charge is 0.363 e. The Labute approximate surface area is 136 Å². The standard InChI is InChI=1S/C18H22N4O/c1-21(2)17-8-7-14(11-19-17)12-20-18(23)22-10-9-15-5-3-4-6-16(15)13-22/h3-8,11H,9-10,12-13H2,1-2H3,(H,20,23). The molecule has 0 fully saturated rings. The van der Waals surface area contributed by atoms with Crippen molar-refractivity contribution >= 4 is 11.8 Å². The van der Waals surface area contributed by atoms with Gasteiger partial charge in [-0.1, -0.05) is 30.3 Å². The number of fused-ring (bicyclic) bond motifs is 1. The molecule has 0 bridgehead atoms. The number of benzene rings is 1. The van der Waals surface area contributed by atoms with Crippen LogP contribution in [-0.2, 0) is 19.5 Å². The molecule has 5 nitrogen and oxygen atoms in total. The summed E-state index contributed by atoms with van der Waals surface area (Å²) in [6, 6.07) is 12.3. The van der Waals surface area contributed by atoms with Gasteiger partial charge in [-0.2, -0.15) is 0 Å². The van der Waals surface area contributed by atoms with Crippen molar-refractivity contribution in [1.29, 1.82) is 0 Å². The molecular formula is C18H22N4O. The molecule has 1 aliphatic rings. The Kier molecular flexibility index (Phi) is 4.46. The van der Waals surface area contributed by atoms with Gasteiger partial charge >= 0.3 is 6.03 Å². The van der Waals surface area contributed by atoms with Crippen molar-refractivity contribution in [3.63, 3.8) is 0 Å². The summed E-state index contributed by atoms with van der Waals surface area (Å²) >= 11 is 0. The number of urea groups is 1. The van der Waals surface area contributed by atoms with E-state index in [2.05, 4.69) is 28.5 Å². The Morgan fingerprint density at radius 2 is 2.00 bits per heavy atom. The van der Waals surface area contributed by atoms with E-state index in [1.807, 2.05) is 42.1 Å². The van der Waals surface area contributed by atoms with Crippen molar-refractivity contribution < 1.29 is 4.79 Å². The van der Waals surface area contributed by atoms with Gasteiger partial charge in [0.05, 0.1) is 0 Å². The first kappa shape index (κ1) is 15.3. The summed E-state index contributed by atoms with van der Waals surface area (Å²) in [5, 5.41) is 2.98. The maximum atomic E-state index is 12.3. The molecule has 120 valence electrons. The van der Waals surface area contributed by atoms with Gasteiger partial charge in [0.2, 0.25) is 0 Å². The molecule has 2 amide bonds. The monoisotopic (exact) mass is 310 g/mol. The van der Waals surface area contributed by atoms with E-state index in [4.69, 9.17) is 0 Å². The fourth-order valence-electron chi connectivity index (χ4n) is 2.74. The zero-order valence-corrected chi connectivity index (χ0v) is 13.6. The molecule has 0 aliphatic carbocycles. The minimum Gasteiger partial charge on any atom is -0.363 e. The Bertz CT molecular complexity index is 682. The fraction of sp³-hybridized carbons (Fsp3) is 0.333. The normalized spacial score (nSPS) is 13.4. The zero-order valence-electron chi connectivity index (χ0n) is 13.6. The number of amides is 2. The molecule has 1 N–H and O–H groups in total. The number of nitrogens with one attached hydrogen (secondary N) is 1. The number of aromatic nitrogens is 1. The highest BCUT2D eigenvalue weighted by molar-refractivity contribution is 5.74. The van der Waals surface area contributed by atoms with E-state index in [0.717, 1.165) is 24.3 Å². The van der Waals surface area contributed by atoms with Crippen LogP contribution < -0.4 is 10.2 Å². The van der Waals surface area contributed by atoms with Crippen LogP contribution in [0.25, 0.3) is 0 Å². The summed E-state index contributed by atoms with van der Waals surface area (Å²) in [5.74, 6) is 0.910. The van der Waals surface area contributed by atoms with Crippen molar-refractivity contribution in [2.75, 3.05) is 25.5 Å². The van der Waals surface area contributed by atoms with E-state index in [9.17, 15) is 4.79 Å². The van der Waals surface area contributed by atoms with Gasteiger partial charge in [0.15, 0.2) is 0 Å². The summed E-state index contributed by atoms with van der Waals surface area (Å²) in [6.45, 7) is 1.94. The van der Waals surface area contributed by atoms with Crippen LogP contribution in [0.2, 0.25) is 0 Å². The third-order valence-corrected chi connectivity index (χ3v) is 4.13. The van der Waals surface area contributed by atoms with Crippen LogP contribution in [0, 0.1) is 0 Å². The van der Waals surface area contributed by atoms with E-state index < -0.39 is 0 Å². The summed E-state index contributed by atoms with van der Waals surface area (Å²) in [4.78, 5) is 20.5. The molecule has 3 rings (SSSR count). The number of hydrogen-bond acceptors (Lipinski definition) is 3. The highest BCUT2D eigenvalue weighted by Crippen LogP contribution is 2.18. The average molecular weight is 310 g/mol. The smallest absolute Gasteiger partial charge is 0.317 e. The number of pyridine rings is 1. The van der Waals surface area contributed by atoms with Crippen LogP contribution in [-0.4, -0.2) is 36.6 Å². The van der Waals surface area contributed by atoms with E-state index in [0.29, 0.717) is 13.1 Å². The van der Waals surface area contributed by atoms with E-state index in [1.54, 1.807) is 6.20 Å². The molecule has 0 saturated heterocycles. The highest BCUT2D eigenvalue weighted by Gasteiger charge is 2.19. The molecule has 0 radical (unpaired) electrons. The second-order valence-electron chi connectivity index (χ2n) is 6.02. The number of carbonyl (C=O) groups excluding carboxylic acids is 1. The lowest BCUT2D eigenvalue weighted by molar-refractivity contribution is 0.192. The average Bonchev–Trinajstić information content (AvgIpc) is 2.59. The maximum absolute atomic E-state index is 12.3. The Balaban J connectivity index is 1.56. The predicted octanol–water partition coefficient (Wildman–Crippen LogP) is 2.42. The van der Waals surface area contributed by atoms with Crippen molar-refractivity contribution in [1.82, 2.24) is 15.2 Å². The summed E-state index contributed by atoms with van der Waals surface area (Å²) in [5.41, 5.74) is 3.59. The highest BCUT2D eigenvalue weighted by atomic mass is 16.2. The van der Waals surface area contributed by atoms with Crippen molar-refractivity contribution in [2.24, 2.45) is 0 Å². The number of hydrogen-bond donors (Lipinski definition) is 1. The quantitative estimate of drug-likeness (QED) is 0.947. The van der Waals surface area contributed by atoms with E-state index in [-0.39, 0.29) is 6.03 Å². The lowest BCUT2D eigenvalue weighted by Crippen LogP contribution is -2.42. The molecule has 23 heavy (non-hydrogen) atoms. The molecule has 0 atom stereocenters. The number of anilines is 1. The Morgan fingerprint density at radius 3 is 2.70 bits per heavy atom. The molecule has 0 unspecified atom stereocenters. The van der Waals surface area contributed by atoms with Crippen LogP contribution in [0.1, 0.15) is 16.7 Å². The van der Waals surface area contributed by atoms with Crippen molar-refractivity contribution in [2.45, 2.75) is 19.5 Å². The third kappa shape index (κ3) is 3.62. The molecule has 2 heterocycles. The van der Waals surface area contributed by atoms with E-state index in [1.165, 1.54) is 11.1 Å². The van der Waals surface area contributed by atoms with Gasteiger partial charge in [0, 0.05) is 39.9 Å². The van der Waals surface area contributed by atoms with Gasteiger partial charge in [0.25, 0.3) is 0 Å². The molecule has 1 aromatic carbocycles. The van der Waals surface area contributed by atoms with Gasteiger partial charge in [-0.25, -0.2) is 9.78 Å². The van der Waals surface area contributed by atoms with Gasteiger partial charge in [-0.3, -0.25) is 0 Å². The van der Waals surface area contributed by atoms with Gasteiger partial charge in [0.1, 0.15) is 5.82 Å². The Morgan fingerprint density at radius 1 is 1.22 bits per heavy atom. The summed E-state index contributed by atoms with van der Waals surface area (Å²) < 4.78 is 0. The molecule has 0 saturated carbocycles. The van der Waals surface area contributed by atoms with Crippen LogP contribution in [0.15, 0.2) is 42.6 Å². The predicted molar refractivity (Wildman–Crippen MR) is 91.4 cm³/mol. The molecule has 1 aromatic heterocycles. The molecular weight excluding hydrogens is 288 g/mol. The lowest BCUT2D eigenvalue weighted by atomic mass is 10.0. The molecule has 1 aliphatic heterocycles. The SMILES string of the molecule is CN(C)c1ccc(CNC(=O)N2CCc3ccccc3C2)cn1. The first-order valence-electron chi connectivity index (χ1n) is 7.85. The van der Waals surface area contributed by atoms with Gasteiger partial charge < -0.3 is 15.1 Å². The summed E-state index contributed by atoms with van der Waals surface area (Å²) in [6.07, 6.45) is 2.73. The number of nitrogens with zero attached hydrogens (tertiary/aromatic N) is 3. The second-order valence-corrected chi connectivity index (χ2v) is 6.02. The van der Waals surface area contributed by atoms with Crippen LogP contribution in [0.3, 0.4) is 0 Å². The van der Waals surface area contributed by atoms with Crippen LogP contribution in [0.4, 0.5) is 10.6 Å². The van der Waals surface area contributed by atoms with Crippen molar-refractivity contribution in [3.8, 4) is 0 Å². The van der Waals surface area contributed by atoms with E-state index >= 15 is 0 Å². The first-order chi connectivity index (χ1) is 11.1. The molecule has 0 spiro atoms. The van der Waals surface area contributed by atoms with Crippen LogP contribution in [0.5, 0.6) is 0 Å². The number of rotatable bonds is 3. The summed E-state index contributed by atoms with van der Waals surface area (Å²) in [7, 11) is 3.91. The number of carbonyl (C=O) groups is 1. The first-order valence-corrected chi connectivity index (χ1v) is 7.85. The minimum absolute atomic E-state index is 0.0174. The van der Waals surface area contributed by atoms with Gasteiger partial charge in [-0.15, -0.1) is 0 Å². The second kappa shape index (κ2) is 6.69. The molecule has 2 aromatic rings. The third-order valence-electron chi connectivity index (χ3n) is 4.13. The fourth-order valence-corrected chi connectivity index (χ4v) is 2.74. The lowest BCUT2D eigenvalue weighted by Gasteiger charge is -2.29. The van der Waals surface area contributed by atoms with Gasteiger partial charge in [-0.05, 0) is 29.2 Å². The Hall–Kier alpha value is -2.56. The minimum atomic E-state index is -0.0174. The van der Waals surface area contributed by atoms with Crippen molar-refractivity contribution in [3.05, 3.63) is 59.3 Å². The maximum Gasteiger partial charge on any atom is 0.317 e. The zero-order chi connectivity index (χ0) is 16.2.